The van der Waals surface area contributed by atoms with Gasteiger partial charge in [0.25, 0.3) is 10.0 Å². The average molecular weight is 319 g/mol. The van der Waals surface area contributed by atoms with E-state index >= 15 is 0 Å². The predicted molar refractivity (Wildman–Crippen MR) is 83.7 cm³/mol. The van der Waals surface area contributed by atoms with Crippen LogP contribution in [-0.2, 0) is 16.4 Å². The molecule has 0 aliphatic rings. The van der Waals surface area contributed by atoms with Gasteiger partial charge in [-0.25, -0.2) is 8.42 Å². The van der Waals surface area contributed by atoms with Gasteiger partial charge in [0.2, 0.25) is 0 Å². The van der Waals surface area contributed by atoms with Crippen molar-refractivity contribution in [2.75, 3.05) is 13.2 Å². The SMILES string of the molecule is CCCCN(C(C)CC)S(=O)(=O)c1ccc(CCO)s1. The summed E-state index contributed by atoms with van der Waals surface area (Å²) >= 11 is 1.26. The van der Waals surface area contributed by atoms with Gasteiger partial charge < -0.3 is 5.11 Å². The molecular weight excluding hydrogens is 294 g/mol. The number of aliphatic hydroxyl groups excluding tert-OH is 1. The lowest BCUT2D eigenvalue weighted by molar-refractivity contribution is 0.300. The molecule has 4 nitrogen and oxygen atoms in total. The minimum absolute atomic E-state index is 0.00921. The first-order valence-corrected chi connectivity index (χ1v) is 9.44. The number of aliphatic hydroxyl groups is 1. The summed E-state index contributed by atoms with van der Waals surface area (Å²) in [6.45, 7) is 6.64. The van der Waals surface area contributed by atoms with Crippen LogP contribution in [-0.4, -0.2) is 37.0 Å². The van der Waals surface area contributed by atoms with E-state index in [-0.39, 0.29) is 12.6 Å². The minimum atomic E-state index is -3.41. The number of unbranched alkanes of at least 4 members (excludes halogenated alkanes) is 1. The van der Waals surface area contributed by atoms with Crippen LogP contribution in [0.4, 0.5) is 0 Å². The van der Waals surface area contributed by atoms with Crippen molar-refractivity contribution in [1.82, 2.24) is 4.31 Å². The molecule has 0 bridgehead atoms. The van der Waals surface area contributed by atoms with Crippen molar-refractivity contribution in [3.8, 4) is 0 Å². The van der Waals surface area contributed by atoms with E-state index in [0.717, 1.165) is 24.1 Å². The van der Waals surface area contributed by atoms with Crippen LogP contribution in [0.15, 0.2) is 16.3 Å². The van der Waals surface area contributed by atoms with Gasteiger partial charge >= 0.3 is 0 Å². The lowest BCUT2D eigenvalue weighted by Crippen LogP contribution is -2.38. The van der Waals surface area contributed by atoms with E-state index in [0.29, 0.717) is 17.2 Å². The summed E-state index contributed by atoms with van der Waals surface area (Å²) in [6.07, 6.45) is 3.16. The van der Waals surface area contributed by atoms with Crippen LogP contribution in [0.25, 0.3) is 0 Å². The molecule has 1 atom stereocenters. The van der Waals surface area contributed by atoms with Crippen LogP contribution in [0.2, 0.25) is 0 Å². The molecular formula is C14H25NO3S2. The molecule has 0 saturated carbocycles. The molecule has 116 valence electrons. The second-order valence-corrected chi connectivity index (χ2v) is 8.21. The largest absolute Gasteiger partial charge is 0.396 e. The first kappa shape index (κ1) is 17.6. The summed E-state index contributed by atoms with van der Waals surface area (Å²) in [5.74, 6) is 0. The zero-order chi connectivity index (χ0) is 15.2. The Morgan fingerprint density at radius 2 is 2.05 bits per heavy atom. The maximum atomic E-state index is 12.7. The molecule has 0 aromatic carbocycles. The van der Waals surface area contributed by atoms with E-state index in [1.54, 1.807) is 16.4 Å². The molecule has 0 spiro atoms. The molecule has 0 aliphatic heterocycles. The minimum Gasteiger partial charge on any atom is -0.396 e. The number of thiophene rings is 1. The highest BCUT2D eigenvalue weighted by molar-refractivity contribution is 7.91. The number of hydrogen-bond donors (Lipinski definition) is 1. The fraction of sp³-hybridized carbons (Fsp3) is 0.714. The molecule has 1 aromatic rings. The summed E-state index contributed by atoms with van der Waals surface area (Å²) in [7, 11) is -3.41. The van der Waals surface area contributed by atoms with Crippen molar-refractivity contribution in [3.63, 3.8) is 0 Å². The van der Waals surface area contributed by atoms with E-state index in [4.69, 9.17) is 5.11 Å². The zero-order valence-electron chi connectivity index (χ0n) is 12.5. The molecule has 0 fully saturated rings. The molecule has 0 saturated heterocycles. The predicted octanol–water partition coefficient (Wildman–Crippen LogP) is 2.87. The van der Waals surface area contributed by atoms with Gasteiger partial charge in [0.15, 0.2) is 0 Å². The fourth-order valence-electron chi connectivity index (χ4n) is 1.95. The van der Waals surface area contributed by atoms with Gasteiger partial charge in [-0.05, 0) is 31.9 Å². The van der Waals surface area contributed by atoms with Gasteiger partial charge in [0.05, 0.1) is 0 Å². The number of hydrogen-bond acceptors (Lipinski definition) is 4. The highest BCUT2D eigenvalue weighted by atomic mass is 32.2. The smallest absolute Gasteiger partial charge is 0.252 e. The van der Waals surface area contributed by atoms with Gasteiger partial charge in [0, 0.05) is 30.5 Å². The summed E-state index contributed by atoms with van der Waals surface area (Å²) < 4.78 is 27.5. The fourth-order valence-corrected chi connectivity index (χ4v) is 5.17. The van der Waals surface area contributed by atoms with Crippen LogP contribution in [0.1, 0.15) is 44.9 Å². The van der Waals surface area contributed by atoms with Crippen molar-refractivity contribution in [1.29, 1.82) is 0 Å². The lowest BCUT2D eigenvalue weighted by atomic mass is 10.2. The number of nitrogens with zero attached hydrogens (tertiary/aromatic N) is 1. The van der Waals surface area contributed by atoms with Crippen LogP contribution < -0.4 is 0 Å². The van der Waals surface area contributed by atoms with E-state index in [2.05, 4.69) is 6.92 Å². The van der Waals surface area contributed by atoms with Gasteiger partial charge in [-0.3, -0.25) is 0 Å². The normalized spacial score (nSPS) is 13.8. The van der Waals surface area contributed by atoms with E-state index in [9.17, 15) is 8.42 Å². The summed E-state index contributed by atoms with van der Waals surface area (Å²) in [5, 5.41) is 8.93. The Hall–Kier alpha value is -0.430. The van der Waals surface area contributed by atoms with Gasteiger partial charge in [-0.15, -0.1) is 11.3 Å². The average Bonchev–Trinajstić information content (AvgIpc) is 2.88. The van der Waals surface area contributed by atoms with Gasteiger partial charge in [-0.1, -0.05) is 20.3 Å². The first-order chi connectivity index (χ1) is 9.47. The highest BCUT2D eigenvalue weighted by Crippen LogP contribution is 2.27. The van der Waals surface area contributed by atoms with Crippen molar-refractivity contribution in [3.05, 3.63) is 17.0 Å². The molecule has 1 N–H and O–H groups in total. The first-order valence-electron chi connectivity index (χ1n) is 7.18. The Bertz CT molecular complexity index is 496. The highest BCUT2D eigenvalue weighted by Gasteiger charge is 2.29. The van der Waals surface area contributed by atoms with Crippen LogP contribution in [0.5, 0.6) is 0 Å². The number of rotatable bonds is 9. The van der Waals surface area contributed by atoms with Crippen LogP contribution in [0, 0.1) is 0 Å². The van der Waals surface area contributed by atoms with Crippen molar-refractivity contribution >= 4 is 21.4 Å². The standard InChI is InChI=1S/C14H25NO3S2/c1-4-6-10-15(12(3)5-2)20(17,18)14-8-7-13(19-14)9-11-16/h7-8,12,16H,4-6,9-11H2,1-3H3. The Balaban J connectivity index is 3.01. The molecule has 1 aromatic heterocycles. The molecule has 6 heteroatoms. The second-order valence-electron chi connectivity index (χ2n) is 4.92. The maximum absolute atomic E-state index is 12.7. The van der Waals surface area contributed by atoms with Crippen molar-refractivity contribution < 1.29 is 13.5 Å². The zero-order valence-corrected chi connectivity index (χ0v) is 14.1. The van der Waals surface area contributed by atoms with Crippen molar-refractivity contribution in [2.45, 2.75) is 56.7 Å². The molecule has 1 unspecified atom stereocenters. The van der Waals surface area contributed by atoms with Crippen LogP contribution >= 0.6 is 11.3 Å². The topological polar surface area (TPSA) is 57.6 Å². The molecule has 1 rings (SSSR count). The Kier molecular flexibility index (Phi) is 7.15. The quantitative estimate of drug-likeness (QED) is 0.761. The third-order valence-corrected chi connectivity index (χ3v) is 7.00. The number of sulfonamides is 1. The molecule has 0 amide bonds. The van der Waals surface area contributed by atoms with E-state index < -0.39 is 10.0 Å². The molecule has 0 aliphatic carbocycles. The third-order valence-electron chi connectivity index (χ3n) is 3.37. The molecule has 20 heavy (non-hydrogen) atoms. The maximum Gasteiger partial charge on any atom is 0.252 e. The molecule has 0 radical (unpaired) electrons. The summed E-state index contributed by atoms with van der Waals surface area (Å²) in [5.41, 5.74) is 0. The van der Waals surface area contributed by atoms with Crippen LogP contribution in [0.3, 0.4) is 0 Å². The lowest BCUT2D eigenvalue weighted by Gasteiger charge is -2.26. The van der Waals surface area contributed by atoms with Crippen molar-refractivity contribution in [2.24, 2.45) is 0 Å². The summed E-state index contributed by atoms with van der Waals surface area (Å²) in [6, 6.07) is 3.46. The molecule has 1 heterocycles. The second kappa shape index (κ2) is 8.12. The monoisotopic (exact) mass is 319 g/mol. The third kappa shape index (κ3) is 4.28. The van der Waals surface area contributed by atoms with Gasteiger partial charge in [-0.2, -0.15) is 4.31 Å². The van der Waals surface area contributed by atoms with Gasteiger partial charge in [0.1, 0.15) is 4.21 Å². The van der Waals surface area contributed by atoms with E-state index in [1.165, 1.54) is 11.3 Å². The van der Waals surface area contributed by atoms with E-state index in [1.807, 2.05) is 13.8 Å². The summed E-state index contributed by atoms with van der Waals surface area (Å²) in [4.78, 5) is 0.908. The Morgan fingerprint density at radius 1 is 1.35 bits per heavy atom. The Morgan fingerprint density at radius 3 is 2.60 bits per heavy atom. The Labute approximate surface area is 126 Å².